The van der Waals surface area contributed by atoms with Crippen LogP contribution in [-0.2, 0) is 42.0 Å². The number of halogens is 3. The first-order valence-corrected chi connectivity index (χ1v) is 10.5. The molecule has 2 aromatic rings. The highest BCUT2D eigenvalue weighted by Gasteiger charge is 2.37. The third kappa shape index (κ3) is 4.52. The van der Waals surface area contributed by atoms with Crippen LogP contribution in [0.15, 0.2) is 24.4 Å². The third-order valence-corrected chi connectivity index (χ3v) is 6.70. The summed E-state index contributed by atoms with van der Waals surface area (Å²) in [6.07, 6.45) is -2.06. The van der Waals surface area contributed by atoms with Gasteiger partial charge in [0.05, 0.1) is 18.9 Å². The van der Waals surface area contributed by atoms with E-state index in [4.69, 9.17) is 5.11 Å². The van der Waals surface area contributed by atoms with Crippen LogP contribution in [0.2, 0.25) is 0 Å². The maximum absolute atomic E-state index is 12.9. The van der Waals surface area contributed by atoms with Crippen molar-refractivity contribution in [1.29, 1.82) is 0 Å². The number of hydrogen-bond acceptors (Lipinski definition) is 4. The monoisotopic (exact) mass is 402 g/mol. The Bertz CT molecular complexity index is 936. The van der Waals surface area contributed by atoms with Crippen LogP contribution in [-0.4, -0.2) is 34.8 Å². The molecule has 1 aromatic heterocycles. The molecular formula is C18H21F3N2O3S. The van der Waals surface area contributed by atoms with Gasteiger partial charge in [0.15, 0.2) is 5.69 Å². The predicted octanol–water partition coefficient (Wildman–Crippen LogP) is 2.59. The Balaban J connectivity index is 1.76. The molecule has 1 aliphatic rings. The third-order valence-electron chi connectivity index (χ3n) is 4.84. The van der Waals surface area contributed by atoms with Gasteiger partial charge in [-0.1, -0.05) is 25.1 Å². The fraction of sp³-hybridized carbons (Fsp3) is 0.500. The Morgan fingerprint density at radius 2 is 1.96 bits per heavy atom. The number of nitrogens with zero attached hydrogens (tertiary/aromatic N) is 2. The zero-order valence-corrected chi connectivity index (χ0v) is 15.6. The Morgan fingerprint density at radius 1 is 1.26 bits per heavy atom. The minimum Gasteiger partial charge on any atom is -0.392 e. The highest BCUT2D eigenvalue weighted by atomic mass is 32.2. The molecule has 27 heavy (non-hydrogen) atoms. The molecule has 1 aliphatic carbocycles. The Labute approximate surface area is 155 Å². The summed E-state index contributed by atoms with van der Waals surface area (Å²) >= 11 is 0. The van der Waals surface area contributed by atoms with Crippen LogP contribution >= 0.6 is 0 Å². The summed E-state index contributed by atoms with van der Waals surface area (Å²) in [5.74, 6) is 0.323. The van der Waals surface area contributed by atoms with E-state index in [1.165, 1.54) is 10.9 Å². The zero-order valence-electron chi connectivity index (χ0n) is 14.8. The summed E-state index contributed by atoms with van der Waals surface area (Å²) in [5.41, 5.74) is 1.58. The van der Waals surface area contributed by atoms with E-state index in [1.807, 2.05) is 18.2 Å². The van der Waals surface area contributed by atoms with Crippen LogP contribution in [0.1, 0.15) is 34.9 Å². The van der Waals surface area contributed by atoms with Gasteiger partial charge in [0, 0.05) is 17.5 Å². The lowest BCUT2D eigenvalue weighted by molar-refractivity contribution is -0.142. The second-order valence-corrected chi connectivity index (χ2v) is 9.33. The number of fused-ring (bicyclic) bond motifs is 1. The normalized spacial score (nSPS) is 17.3. The highest BCUT2D eigenvalue weighted by Crippen LogP contribution is 2.32. The van der Waals surface area contributed by atoms with Crippen molar-refractivity contribution in [3.8, 4) is 0 Å². The molecule has 0 bridgehead atoms. The maximum Gasteiger partial charge on any atom is 0.435 e. The van der Waals surface area contributed by atoms with Gasteiger partial charge in [0.25, 0.3) is 0 Å². The fourth-order valence-corrected chi connectivity index (χ4v) is 4.73. The van der Waals surface area contributed by atoms with E-state index >= 15 is 0 Å². The van der Waals surface area contributed by atoms with E-state index in [2.05, 4.69) is 5.10 Å². The molecule has 5 nitrogen and oxygen atoms in total. The van der Waals surface area contributed by atoms with Gasteiger partial charge >= 0.3 is 6.18 Å². The number of aliphatic hydroxyl groups excluding tert-OH is 1. The molecule has 1 N–H and O–H groups in total. The molecule has 0 amide bonds. The second kappa shape index (κ2) is 7.27. The lowest BCUT2D eigenvalue weighted by Gasteiger charge is -2.07. The van der Waals surface area contributed by atoms with Crippen LogP contribution in [0.3, 0.4) is 0 Å². The summed E-state index contributed by atoms with van der Waals surface area (Å²) in [6, 6.07) is 5.63. The highest BCUT2D eigenvalue weighted by molar-refractivity contribution is 7.91. The number of benzene rings is 1. The summed E-state index contributed by atoms with van der Waals surface area (Å²) in [5, 5.41) is 12.7. The van der Waals surface area contributed by atoms with E-state index in [0.29, 0.717) is 12.8 Å². The summed E-state index contributed by atoms with van der Waals surface area (Å²) in [7, 11) is -3.04. The first-order valence-electron chi connectivity index (χ1n) is 8.66. The summed E-state index contributed by atoms with van der Waals surface area (Å²) < 4.78 is 63.7. The van der Waals surface area contributed by atoms with Gasteiger partial charge in [-0.05, 0) is 35.4 Å². The number of aliphatic hydroxyl groups is 1. The van der Waals surface area contributed by atoms with Crippen molar-refractivity contribution in [2.75, 3.05) is 11.5 Å². The van der Waals surface area contributed by atoms with Gasteiger partial charge in [-0.25, -0.2) is 8.42 Å². The minimum absolute atomic E-state index is 0.0442. The number of rotatable bonds is 6. The molecule has 0 saturated heterocycles. The molecule has 1 atom stereocenters. The lowest BCUT2D eigenvalue weighted by atomic mass is 10.1. The molecule has 1 heterocycles. The van der Waals surface area contributed by atoms with Crippen LogP contribution in [0.25, 0.3) is 0 Å². The van der Waals surface area contributed by atoms with Crippen LogP contribution in [0.5, 0.6) is 0 Å². The van der Waals surface area contributed by atoms with Crippen molar-refractivity contribution < 1.29 is 26.7 Å². The van der Waals surface area contributed by atoms with Crippen molar-refractivity contribution >= 4 is 9.84 Å². The number of hydrogen-bond donors (Lipinski definition) is 1. The van der Waals surface area contributed by atoms with Crippen molar-refractivity contribution in [3.05, 3.63) is 52.3 Å². The molecule has 148 valence electrons. The van der Waals surface area contributed by atoms with E-state index in [-0.39, 0.29) is 29.5 Å². The number of aromatic nitrogens is 2. The van der Waals surface area contributed by atoms with Gasteiger partial charge < -0.3 is 5.11 Å². The summed E-state index contributed by atoms with van der Waals surface area (Å²) in [4.78, 5) is 0. The molecule has 3 rings (SSSR count). The second-order valence-electron chi connectivity index (χ2n) is 6.93. The standard InChI is InChI=1S/C18H21F3N2O3S/c1-2-27(25,26)11-13-6-14-4-3-12(5-15(14)7-13)8-23-9-16(10-24)17(22-23)18(19,20)21/h3-5,9,13,24H,2,6-8,10-11H2,1H3. The van der Waals surface area contributed by atoms with Gasteiger partial charge in [-0.2, -0.15) is 18.3 Å². The fourth-order valence-electron chi connectivity index (χ4n) is 3.54. The van der Waals surface area contributed by atoms with Crippen LogP contribution in [0, 0.1) is 5.92 Å². The van der Waals surface area contributed by atoms with Gasteiger partial charge in [0.1, 0.15) is 9.84 Å². The Hall–Kier alpha value is -1.87. The van der Waals surface area contributed by atoms with Gasteiger partial charge in [-0.15, -0.1) is 0 Å². The van der Waals surface area contributed by atoms with Crippen molar-refractivity contribution in [2.45, 2.75) is 39.1 Å². The molecule has 1 aromatic carbocycles. The molecule has 0 saturated carbocycles. The molecule has 0 radical (unpaired) electrons. The molecule has 9 heteroatoms. The van der Waals surface area contributed by atoms with E-state index in [1.54, 1.807) is 6.92 Å². The van der Waals surface area contributed by atoms with E-state index < -0.39 is 28.3 Å². The van der Waals surface area contributed by atoms with Crippen LogP contribution < -0.4 is 0 Å². The molecule has 0 spiro atoms. The first-order chi connectivity index (χ1) is 12.6. The van der Waals surface area contributed by atoms with Gasteiger partial charge in [0.2, 0.25) is 0 Å². The lowest BCUT2D eigenvalue weighted by Crippen LogP contribution is -2.18. The Kier molecular flexibility index (Phi) is 5.36. The first kappa shape index (κ1) is 19.9. The molecule has 0 fully saturated rings. The van der Waals surface area contributed by atoms with Crippen molar-refractivity contribution in [3.63, 3.8) is 0 Å². The average Bonchev–Trinajstić information content (AvgIpc) is 3.17. The molecular weight excluding hydrogens is 381 g/mol. The SMILES string of the molecule is CCS(=O)(=O)CC1Cc2ccc(Cn3cc(CO)c(C(F)(F)F)n3)cc2C1. The van der Waals surface area contributed by atoms with Crippen molar-refractivity contribution in [1.82, 2.24) is 9.78 Å². The average molecular weight is 402 g/mol. The largest absolute Gasteiger partial charge is 0.435 e. The molecule has 0 aliphatic heterocycles. The van der Waals surface area contributed by atoms with E-state index in [0.717, 1.165) is 16.7 Å². The number of sulfone groups is 1. The predicted molar refractivity (Wildman–Crippen MR) is 93.9 cm³/mol. The quantitative estimate of drug-likeness (QED) is 0.806. The Morgan fingerprint density at radius 3 is 2.56 bits per heavy atom. The molecule has 1 unspecified atom stereocenters. The minimum atomic E-state index is -4.61. The smallest absolute Gasteiger partial charge is 0.392 e. The maximum atomic E-state index is 12.9. The van der Waals surface area contributed by atoms with Crippen molar-refractivity contribution in [2.24, 2.45) is 5.92 Å². The zero-order chi connectivity index (χ0) is 19.8. The van der Waals surface area contributed by atoms with Gasteiger partial charge in [-0.3, -0.25) is 4.68 Å². The topological polar surface area (TPSA) is 72.2 Å². The van der Waals surface area contributed by atoms with E-state index in [9.17, 15) is 21.6 Å². The number of alkyl halides is 3. The summed E-state index contributed by atoms with van der Waals surface area (Å²) in [6.45, 7) is 1.05. The van der Waals surface area contributed by atoms with Crippen LogP contribution in [0.4, 0.5) is 13.2 Å².